The fourth-order valence-corrected chi connectivity index (χ4v) is 4.80. The zero-order valence-corrected chi connectivity index (χ0v) is 19.1. The van der Waals surface area contributed by atoms with E-state index in [2.05, 4.69) is 16.7 Å². The number of nitrogens with one attached hydrogen (secondary N) is 2. The molecule has 33 heavy (non-hydrogen) atoms. The summed E-state index contributed by atoms with van der Waals surface area (Å²) < 4.78 is 11.0. The molecule has 7 heteroatoms. The van der Waals surface area contributed by atoms with Crippen LogP contribution in [0.15, 0.2) is 99.3 Å². The van der Waals surface area contributed by atoms with Gasteiger partial charge in [-0.2, -0.15) is 5.26 Å². The van der Waals surface area contributed by atoms with Gasteiger partial charge in [-0.15, -0.1) is 0 Å². The average molecular weight is 458 g/mol. The Morgan fingerprint density at radius 1 is 1.15 bits per heavy atom. The number of hydrogen-bond donors (Lipinski definition) is 2. The first-order valence-electron chi connectivity index (χ1n) is 10.4. The van der Waals surface area contributed by atoms with Gasteiger partial charge in [0.05, 0.1) is 41.7 Å². The molecule has 1 atom stereocenters. The number of nitriles is 1. The molecule has 0 spiro atoms. The van der Waals surface area contributed by atoms with Gasteiger partial charge in [-0.25, -0.2) is 0 Å². The van der Waals surface area contributed by atoms with Crippen molar-refractivity contribution in [2.45, 2.75) is 18.6 Å². The van der Waals surface area contributed by atoms with Gasteiger partial charge in [0.15, 0.2) is 0 Å². The average Bonchev–Trinajstić information content (AvgIpc) is 3.36. The number of nitrogens with zero attached hydrogens (tertiary/aromatic N) is 1. The van der Waals surface area contributed by atoms with Gasteiger partial charge < -0.3 is 19.8 Å². The summed E-state index contributed by atoms with van der Waals surface area (Å²) >= 11 is 1.47. The zero-order valence-electron chi connectivity index (χ0n) is 18.3. The Labute approximate surface area is 196 Å². The third-order valence-electron chi connectivity index (χ3n) is 5.31. The Hall–Kier alpha value is -3.89. The Bertz CT molecular complexity index is 1240. The minimum atomic E-state index is -0.588. The van der Waals surface area contributed by atoms with Crippen LogP contribution in [0.5, 0.6) is 5.75 Å². The molecule has 2 aromatic carbocycles. The molecule has 0 saturated heterocycles. The lowest BCUT2D eigenvalue weighted by Crippen LogP contribution is -2.30. The maximum atomic E-state index is 13.5. The van der Waals surface area contributed by atoms with Crippen molar-refractivity contribution in [3.8, 4) is 11.8 Å². The van der Waals surface area contributed by atoms with Crippen molar-refractivity contribution in [3.63, 3.8) is 0 Å². The van der Waals surface area contributed by atoms with Gasteiger partial charge in [0.2, 0.25) is 0 Å². The van der Waals surface area contributed by atoms with Crippen LogP contribution in [-0.4, -0.2) is 13.0 Å². The van der Waals surface area contributed by atoms with Gasteiger partial charge in [-0.1, -0.05) is 48.2 Å². The highest BCUT2D eigenvalue weighted by molar-refractivity contribution is 8.02. The lowest BCUT2D eigenvalue weighted by molar-refractivity contribution is -0.113. The molecule has 1 unspecified atom stereocenters. The SMILES string of the molecule is COc1ccccc1C1C(C#N)=C(SCc2ccco2)NC(C)=C1C(=O)Nc1ccccc1. The summed E-state index contributed by atoms with van der Waals surface area (Å²) in [5.41, 5.74) is 3.05. The fourth-order valence-electron chi connectivity index (χ4n) is 3.80. The number of hydrogen-bond acceptors (Lipinski definition) is 6. The molecule has 0 aliphatic carbocycles. The minimum absolute atomic E-state index is 0.273. The van der Waals surface area contributed by atoms with Crippen molar-refractivity contribution in [1.82, 2.24) is 5.32 Å². The van der Waals surface area contributed by atoms with Gasteiger partial charge >= 0.3 is 0 Å². The summed E-state index contributed by atoms with van der Waals surface area (Å²) in [6.07, 6.45) is 1.62. The largest absolute Gasteiger partial charge is 0.496 e. The third-order valence-corrected chi connectivity index (χ3v) is 6.35. The minimum Gasteiger partial charge on any atom is -0.496 e. The number of para-hydroxylation sites is 2. The van der Waals surface area contributed by atoms with E-state index in [1.807, 2.05) is 73.7 Å². The number of ether oxygens (including phenoxy) is 1. The number of benzene rings is 2. The number of thioether (sulfide) groups is 1. The quantitative estimate of drug-likeness (QED) is 0.483. The van der Waals surface area contributed by atoms with E-state index < -0.39 is 5.92 Å². The molecule has 1 amide bonds. The first-order valence-corrected chi connectivity index (χ1v) is 11.4. The van der Waals surface area contributed by atoms with E-state index in [9.17, 15) is 10.1 Å². The van der Waals surface area contributed by atoms with Crippen LogP contribution < -0.4 is 15.4 Å². The van der Waals surface area contributed by atoms with E-state index in [1.54, 1.807) is 13.4 Å². The van der Waals surface area contributed by atoms with E-state index in [0.29, 0.717) is 39.1 Å². The topological polar surface area (TPSA) is 87.3 Å². The number of furan rings is 1. The number of rotatable bonds is 7. The van der Waals surface area contributed by atoms with Crippen LogP contribution in [0.25, 0.3) is 0 Å². The number of amides is 1. The summed E-state index contributed by atoms with van der Waals surface area (Å²) in [6, 6.07) is 22.8. The molecule has 0 saturated carbocycles. The van der Waals surface area contributed by atoms with Crippen molar-refractivity contribution in [1.29, 1.82) is 5.26 Å². The summed E-state index contributed by atoms with van der Waals surface area (Å²) in [5, 5.41) is 17.2. The molecule has 1 aromatic heterocycles. The molecule has 1 aliphatic rings. The fraction of sp³-hybridized carbons (Fsp3) is 0.154. The molecule has 0 bridgehead atoms. The maximum Gasteiger partial charge on any atom is 0.254 e. The van der Waals surface area contributed by atoms with Crippen LogP contribution in [0.4, 0.5) is 5.69 Å². The number of dihydropyridines is 1. The second-order valence-corrected chi connectivity index (χ2v) is 8.37. The van der Waals surface area contributed by atoms with E-state index >= 15 is 0 Å². The number of methoxy groups -OCH3 is 1. The molecule has 0 radical (unpaired) electrons. The van der Waals surface area contributed by atoms with E-state index in [-0.39, 0.29) is 5.91 Å². The Morgan fingerprint density at radius 2 is 1.91 bits per heavy atom. The number of allylic oxidation sites excluding steroid dienone is 2. The smallest absolute Gasteiger partial charge is 0.254 e. The van der Waals surface area contributed by atoms with Crippen LogP contribution in [-0.2, 0) is 10.5 Å². The van der Waals surface area contributed by atoms with Gasteiger partial charge in [-0.3, -0.25) is 4.79 Å². The van der Waals surface area contributed by atoms with Crippen LogP contribution in [0, 0.1) is 11.3 Å². The van der Waals surface area contributed by atoms with E-state index in [1.165, 1.54) is 11.8 Å². The predicted octanol–water partition coefficient (Wildman–Crippen LogP) is 5.56. The Balaban J connectivity index is 1.77. The van der Waals surface area contributed by atoms with Crippen LogP contribution in [0.2, 0.25) is 0 Å². The van der Waals surface area contributed by atoms with Crippen molar-refractivity contribution < 1.29 is 13.9 Å². The van der Waals surface area contributed by atoms with E-state index in [4.69, 9.17) is 9.15 Å². The lowest BCUT2D eigenvalue weighted by Gasteiger charge is -2.30. The van der Waals surface area contributed by atoms with Crippen LogP contribution >= 0.6 is 11.8 Å². The molecule has 2 N–H and O–H groups in total. The Morgan fingerprint density at radius 3 is 2.61 bits per heavy atom. The normalized spacial score (nSPS) is 15.6. The molecule has 1 aliphatic heterocycles. The van der Waals surface area contributed by atoms with Crippen molar-refractivity contribution in [2.75, 3.05) is 12.4 Å². The monoisotopic (exact) mass is 457 g/mol. The first kappa shape index (κ1) is 22.3. The summed E-state index contributed by atoms with van der Waals surface area (Å²) in [7, 11) is 1.59. The predicted molar refractivity (Wildman–Crippen MR) is 129 cm³/mol. The summed E-state index contributed by atoms with van der Waals surface area (Å²) in [5.74, 6) is 1.11. The zero-order chi connectivity index (χ0) is 23.2. The van der Waals surface area contributed by atoms with Gasteiger partial charge in [-0.05, 0) is 37.3 Å². The molecular weight excluding hydrogens is 434 g/mol. The second-order valence-electron chi connectivity index (χ2n) is 7.38. The van der Waals surface area contributed by atoms with Gasteiger partial charge in [0.1, 0.15) is 11.5 Å². The van der Waals surface area contributed by atoms with E-state index in [0.717, 1.165) is 11.3 Å². The van der Waals surface area contributed by atoms with Crippen molar-refractivity contribution in [2.24, 2.45) is 0 Å². The maximum absolute atomic E-state index is 13.5. The standard InChI is InChI=1S/C26H23N3O3S/c1-17-23(25(30)29-18-9-4-3-5-10-18)24(20-12-6-7-13-22(20)31-2)21(15-27)26(28-17)33-16-19-11-8-14-32-19/h3-14,24,28H,16H2,1-2H3,(H,29,30). The first-order chi connectivity index (χ1) is 16.1. The van der Waals surface area contributed by atoms with Crippen molar-refractivity contribution >= 4 is 23.4 Å². The summed E-state index contributed by atoms with van der Waals surface area (Å²) in [6.45, 7) is 1.85. The highest BCUT2D eigenvalue weighted by Crippen LogP contribution is 2.44. The van der Waals surface area contributed by atoms with Gasteiger partial charge in [0, 0.05) is 22.5 Å². The molecule has 3 aromatic rings. The number of carbonyl (C=O) groups is 1. The highest BCUT2D eigenvalue weighted by Gasteiger charge is 2.36. The number of carbonyl (C=O) groups excluding carboxylic acids is 1. The number of anilines is 1. The molecular formula is C26H23N3O3S. The van der Waals surface area contributed by atoms with Crippen molar-refractivity contribution in [3.05, 3.63) is 106 Å². The van der Waals surface area contributed by atoms with Crippen LogP contribution in [0.1, 0.15) is 24.2 Å². The van der Waals surface area contributed by atoms with Gasteiger partial charge in [0.25, 0.3) is 5.91 Å². The lowest BCUT2D eigenvalue weighted by atomic mass is 9.81. The Kier molecular flexibility index (Phi) is 6.86. The molecule has 0 fully saturated rings. The molecule has 6 nitrogen and oxygen atoms in total. The van der Waals surface area contributed by atoms with Crippen LogP contribution in [0.3, 0.4) is 0 Å². The summed E-state index contributed by atoms with van der Waals surface area (Å²) in [4.78, 5) is 13.5. The third kappa shape index (κ3) is 4.81. The molecule has 2 heterocycles. The highest BCUT2D eigenvalue weighted by atomic mass is 32.2. The molecule has 166 valence electrons. The second kappa shape index (κ2) is 10.2. The molecule has 4 rings (SSSR count).